The van der Waals surface area contributed by atoms with Crippen molar-refractivity contribution in [2.24, 2.45) is 0 Å². The van der Waals surface area contributed by atoms with Crippen LogP contribution >= 0.6 is 22.7 Å². The summed E-state index contributed by atoms with van der Waals surface area (Å²) in [4.78, 5) is 4.81. The van der Waals surface area contributed by atoms with Gasteiger partial charge < -0.3 is 28.9 Å². The molecule has 16 aromatic carbocycles. The summed E-state index contributed by atoms with van der Waals surface area (Å²) < 4.78 is 342. The van der Waals surface area contributed by atoms with Crippen LogP contribution in [0, 0.1) is 105 Å². The molecule has 32 heteroatoms. The Morgan fingerprint density at radius 3 is 0.836 bits per heavy atom. The molecule has 0 spiro atoms. The lowest BCUT2D eigenvalue weighted by Gasteiger charge is -2.47. The minimum absolute atomic E-state index is 0.00848. The van der Waals surface area contributed by atoms with Gasteiger partial charge in [-0.15, -0.1) is 22.7 Å². The smallest absolute Gasteiger partial charge is 0.273 e. The lowest BCUT2D eigenvalue weighted by Crippen LogP contribution is -2.65. The molecule has 140 heavy (non-hydrogen) atoms. The summed E-state index contributed by atoms with van der Waals surface area (Å²) in [5.74, 6) is -25.0. The number of fused-ring (bicyclic) bond motifs is 16. The molecule has 24 rings (SSSR count). The van der Waals surface area contributed by atoms with Gasteiger partial charge >= 0.3 is 0 Å². The monoisotopic (exact) mass is 1930 g/mol. The predicted octanol–water partition coefficient (Wildman–Crippen LogP) is 26.8. The van der Waals surface area contributed by atoms with Gasteiger partial charge in [0, 0.05) is 93.6 Å². The number of hydrogen-bond acceptors (Lipinski definition) is 11. The SMILES string of the molecule is CC(C)(C)c1ccc2sc3c(c2c1)Oc1cc(N(c2c(F)cccc2F)c2c(F)cccc2F)cc2c1B3c1cc3c(cc1O2)N(c1c(F)cccc1F)c1cc(N(c2c(F)cccc2F)c2c(F)cccc2F)cc2c1B3c1cc3c(cc1N2c1c(F)cccc1F)N(c1c(F)cccc1F)c1cc(N(c2c(F)cccc2F)c2c(F)cccc2F)cc2c1B3c1sc3ccc(C(C)(C)C)cc3c1O2. The molecule has 6 aliphatic heterocycles. The molecule has 2 aromatic heterocycles. The highest BCUT2D eigenvalue weighted by atomic mass is 32.1. The maximum absolute atomic E-state index is 18.7. The Morgan fingerprint density at radius 1 is 0.243 bits per heavy atom. The summed E-state index contributed by atoms with van der Waals surface area (Å²) in [6.07, 6.45) is 0. The zero-order valence-corrected chi connectivity index (χ0v) is 75.2. The standard InChI is InChI=1S/C108H61B3F18N6O3S2/c1-107(2,3)50-34-36-89-55(38-50)103-105(139-89)110-59-46-57-79(48-80(59)134(101-75(126)30-14-31-76(101)127)84-42-53(43-86(137-103)92(84)110)131(96-65(116)20-9-21-66(96)117)97-67(118)22-10-23-68(97)119)133(100-73(124)28-13-29-74(100)125)82-40-52(130(94-61(112)16-7-17-62(94)113)95-63(114)18-8-19-64(95)115)41-83-91(82)109(57)58-47-60-85(49-81(58)135(83)102-77(128)32-15-33-78(102)129)136-87-44-54(132(98-69(120)24-11-25-70(98)121)99-71(122)26-12-27-72(99)123)45-88-93(87)111(60)106-104(138-88)56-39-51(108(4,5)6)35-37-90(56)140-106/h7-49H,1-6H3. The van der Waals surface area contributed by atoms with E-state index in [1.165, 1.54) is 59.1 Å². The van der Waals surface area contributed by atoms with Gasteiger partial charge in [0.25, 0.3) is 20.1 Å². The number of benzene rings is 16. The van der Waals surface area contributed by atoms with E-state index in [2.05, 4.69) is 0 Å². The number of rotatable bonds is 12. The van der Waals surface area contributed by atoms with Crippen molar-refractivity contribution in [1.82, 2.24) is 0 Å². The van der Waals surface area contributed by atoms with E-state index < -0.39 is 210 Å². The van der Waals surface area contributed by atoms with Crippen molar-refractivity contribution in [3.63, 3.8) is 0 Å². The van der Waals surface area contributed by atoms with Crippen molar-refractivity contribution < 1.29 is 93.2 Å². The molecule has 8 heterocycles. The summed E-state index contributed by atoms with van der Waals surface area (Å²) in [7, 11) is 0. The van der Waals surface area contributed by atoms with Crippen LogP contribution in [0.15, 0.2) is 261 Å². The minimum Gasteiger partial charge on any atom is -0.458 e. The van der Waals surface area contributed by atoms with E-state index in [-0.39, 0.29) is 101 Å². The van der Waals surface area contributed by atoms with E-state index in [0.29, 0.717) is 44.4 Å². The van der Waals surface area contributed by atoms with Crippen LogP contribution in [0.3, 0.4) is 0 Å². The van der Waals surface area contributed by atoms with Crippen molar-refractivity contribution >= 4 is 213 Å². The molecule has 0 amide bonds. The van der Waals surface area contributed by atoms with Gasteiger partial charge in [-0.1, -0.05) is 120 Å². The van der Waals surface area contributed by atoms with E-state index in [1.807, 2.05) is 77.9 Å². The van der Waals surface area contributed by atoms with E-state index in [4.69, 9.17) is 14.2 Å². The number of nitrogens with zero attached hydrogens (tertiary/aromatic N) is 6. The molecule has 0 N–H and O–H groups in total. The quantitative estimate of drug-likeness (QED) is 0.0879. The minimum atomic E-state index is -1.66. The Labute approximate surface area is 794 Å². The van der Waals surface area contributed by atoms with Crippen LogP contribution in [0.1, 0.15) is 52.7 Å². The first-order valence-electron chi connectivity index (χ1n) is 44.0. The lowest BCUT2D eigenvalue weighted by molar-refractivity contribution is 0.468. The average molecular weight is 1930 g/mol. The maximum atomic E-state index is 18.7. The second-order valence-corrected chi connectivity index (χ2v) is 39.0. The third-order valence-corrected chi connectivity index (χ3v) is 29.1. The molecule has 0 fully saturated rings. The summed E-state index contributed by atoms with van der Waals surface area (Å²) >= 11 is 2.48. The molecule has 0 aliphatic carbocycles. The van der Waals surface area contributed by atoms with Crippen LogP contribution in [0.2, 0.25) is 0 Å². The van der Waals surface area contributed by atoms with Crippen molar-refractivity contribution in [2.45, 2.75) is 52.4 Å². The van der Waals surface area contributed by atoms with Gasteiger partial charge in [-0.2, -0.15) is 0 Å². The number of halogens is 18. The normalized spacial score (nSPS) is 13.4. The molecular weight excluding hydrogens is 1870 g/mol. The van der Waals surface area contributed by atoms with E-state index in [1.54, 1.807) is 12.1 Å². The highest BCUT2D eigenvalue weighted by Gasteiger charge is 2.54. The van der Waals surface area contributed by atoms with Crippen LogP contribution in [-0.2, 0) is 10.8 Å². The summed E-state index contributed by atoms with van der Waals surface area (Å²) in [5.41, 5.74) is -12.4. The Kier molecular flexibility index (Phi) is 19.7. The van der Waals surface area contributed by atoms with Crippen LogP contribution in [0.5, 0.6) is 34.5 Å². The first-order chi connectivity index (χ1) is 67.2. The van der Waals surface area contributed by atoms with Gasteiger partial charge in [-0.3, -0.25) is 14.7 Å². The van der Waals surface area contributed by atoms with Crippen molar-refractivity contribution in [1.29, 1.82) is 0 Å². The Morgan fingerprint density at radius 2 is 0.507 bits per heavy atom. The first-order valence-corrected chi connectivity index (χ1v) is 45.6. The molecule has 0 unspecified atom stereocenters. The Bertz CT molecular complexity index is 8190. The number of thiophene rings is 2. The third-order valence-electron chi connectivity index (χ3n) is 26.7. The summed E-state index contributed by atoms with van der Waals surface area (Å²) in [6.45, 7) is 7.66. The van der Waals surface area contributed by atoms with Crippen molar-refractivity contribution in [2.75, 3.05) is 29.4 Å². The largest absolute Gasteiger partial charge is 0.458 e. The van der Waals surface area contributed by atoms with E-state index in [9.17, 15) is 0 Å². The average Bonchev–Trinajstić information content (AvgIpc) is 0.763. The number of hydrogen-bond donors (Lipinski definition) is 0. The van der Waals surface area contributed by atoms with Gasteiger partial charge in [-0.05, 0) is 212 Å². The van der Waals surface area contributed by atoms with Gasteiger partial charge in [0.2, 0.25) is 0 Å². The highest BCUT2D eigenvalue weighted by Crippen LogP contribution is 2.58. The maximum Gasteiger partial charge on any atom is 0.273 e. The second kappa shape index (κ2) is 31.6. The summed E-state index contributed by atoms with van der Waals surface area (Å²) in [5, 5.41) is 1.00. The van der Waals surface area contributed by atoms with Gasteiger partial charge in [0.1, 0.15) is 190 Å². The fourth-order valence-corrected chi connectivity index (χ4v) is 23.1. The zero-order chi connectivity index (χ0) is 97.0. The molecule has 0 saturated carbocycles. The van der Waals surface area contributed by atoms with Gasteiger partial charge in [-0.25, -0.2) is 79.0 Å². The van der Waals surface area contributed by atoms with Gasteiger partial charge in [0.15, 0.2) is 0 Å². The van der Waals surface area contributed by atoms with Gasteiger partial charge in [0.05, 0.1) is 17.1 Å². The van der Waals surface area contributed by atoms with Crippen LogP contribution < -0.4 is 91.4 Å². The molecule has 0 atom stereocenters. The fourth-order valence-electron chi connectivity index (χ4n) is 20.6. The molecular formula is C108H61B3F18N6O3S2. The van der Waals surface area contributed by atoms with Crippen LogP contribution in [0.4, 0.5) is 181 Å². The van der Waals surface area contributed by atoms with E-state index in [0.717, 1.165) is 202 Å². The van der Waals surface area contributed by atoms with Crippen molar-refractivity contribution in [3.05, 3.63) is 377 Å². The molecule has 0 saturated heterocycles. The number of para-hydroxylation sites is 9. The molecule has 9 nitrogen and oxygen atoms in total. The molecule has 6 aliphatic rings. The predicted molar refractivity (Wildman–Crippen MR) is 515 cm³/mol. The topological polar surface area (TPSA) is 47.1 Å². The zero-order valence-electron chi connectivity index (χ0n) is 73.6. The molecule has 688 valence electrons. The van der Waals surface area contributed by atoms with Crippen LogP contribution in [0.25, 0.3) is 20.2 Å². The Hall–Kier alpha value is -15.4. The van der Waals surface area contributed by atoms with Crippen molar-refractivity contribution in [3.8, 4) is 34.5 Å². The number of anilines is 18. The lowest BCUT2D eigenvalue weighted by atomic mass is 9.30. The first kappa shape index (κ1) is 87.4. The molecule has 0 bridgehead atoms. The fraction of sp³-hybridized carbons (Fsp3) is 0.0741. The molecule has 0 radical (unpaired) electrons. The summed E-state index contributed by atoms with van der Waals surface area (Å²) in [6, 6.07) is 48.7. The Balaban J connectivity index is 0.864. The highest BCUT2D eigenvalue weighted by molar-refractivity contribution is 7.34. The molecule has 18 aromatic rings. The second-order valence-electron chi connectivity index (χ2n) is 36.8. The third kappa shape index (κ3) is 13.1. The number of ether oxygens (including phenoxy) is 3. The van der Waals surface area contributed by atoms with Crippen LogP contribution in [-0.4, -0.2) is 20.1 Å². The van der Waals surface area contributed by atoms with E-state index >= 15 is 79.0 Å².